The first-order valence-electron chi connectivity index (χ1n) is 19.2. The fourth-order valence-corrected chi connectivity index (χ4v) is 8.33. The first-order chi connectivity index (χ1) is 29.6. The monoisotopic (exact) mass is 802 g/mol. The fraction of sp³-hybridized carbons (Fsp3) is 0.0196. The molecule has 0 aromatic heterocycles. The maximum atomic E-state index is 13.9. The molecule has 8 aromatic rings. The van der Waals surface area contributed by atoms with Crippen molar-refractivity contribution in [3.8, 4) is 0 Å². The Bertz CT molecular complexity index is 2970. The highest BCUT2D eigenvalue weighted by Crippen LogP contribution is 2.37. The van der Waals surface area contributed by atoms with Gasteiger partial charge in [0, 0.05) is 55.3 Å². The average Bonchev–Trinajstić information content (AvgIpc) is 3.28. The topological polar surface area (TPSA) is 109 Å². The van der Waals surface area contributed by atoms with Gasteiger partial charge in [0.2, 0.25) is 0 Å². The largest absolute Gasteiger partial charge is 0.289 e. The SMILES string of the molecule is O=C(c1ccc(F)cc1)c1ccc2c3c(cccc13)C(=O)N(c1ccc(Cc3ccc(N4C(=O)c5cccc6c(C(=O)c7ccc(F)cc7)ccc(c56)C4=O)cc3)cc1)C2=O. The fourth-order valence-electron chi connectivity index (χ4n) is 8.33. The Labute approximate surface area is 345 Å². The molecule has 0 radical (unpaired) electrons. The zero-order valence-corrected chi connectivity index (χ0v) is 31.8. The zero-order valence-electron chi connectivity index (χ0n) is 31.8. The molecule has 2 heterocycles. The number of hydrogen-bond donors (Lipinski definition) is 0. The molecule has 4 amide bonds. The van der Waals surface area contributed by atoms with Crippen LogP contribution < -0.4 is 9.80 Å². The normalized spacial score (nSPS) is 13.3. The first kappa shape index (κ1) is 37.1. The second-order valence-electron chi connectivity index (χ2n) is 14.9. The highest BCUT2D eigenvalue weighted by Gasteiger charge is 2.36. The van der Waals surface area contributed by atoms with Crippen LogP contribution >= 0.6 is 0 Å². The van der Waals surface area contributed by atoms with Gasteiger partial charge in [0.05, 0.1) is 11.4 Å². The number of halogens is 2. The summed E-state index contributed by atoms with van der Waals surface area (Å²) in [6, 6.07) is 40.6. The van der Waals surface area contributed by atoms with Gasteiger partial charge in [0.15, 0.2) is 11.6 Å². The van der Waals surface area contributed by atoms with Gasteiger partial charge in [-0.2, -0.15) is 0 Å². The van der Waals surface area contributed by atoms with Gasteiger partial charge in [0.25, 0.3) is 23.6 Å². The molecule has 0 aliphatic carbocycles. The van der Waals surface area contributed by atoms with Crippen molar-refractivity contribution in [2.75, 3.05) is 9.80 Å². The van der Waals surface area contributed by atoms with Gasteiger partial charge in [-0.05, 0) is 138 Å². The van der Waals surface area contributed by atoms with E-state index >= 15 is 0 Å². The van der Waals surface area contributed by atoms with Crippen LogP contribution in [0.5, 0.6) is 0 Å². The molecule has 292 valence electrons. The predicted molar refractivity (Wildman–Crippen MR) is 226 cm³/mol. The van der Waals surface area contributed by atoms with Gasteiger partial charge >= 0.3 is 0 Å². The van der Waals surface area contributed by atoms with Crippen molar-refractivity contribution < 1.29 is 37.5 Å². The van der Waals surface area contributed by atoms with Crippen LogP contribution in [0.25, 0.3) is 21.5 Å². The molecule has 0 N–H and O–H groups in total. The molecule has 2 aliphatic heterocycles. The van der Waals surface area contributed by atoms with Crippen molar-refractivity contribution in [1.29, 1.82) is 0 Å². The highest BCUT2D eigenvalue weighted by atomic mass is 19.1. The van der Waals surface area contributed by atoms with Crippen LogP contribution in [0.4, 0.5) is 20.2 Å². The van der Waals surface area contributed by atoms with Gasteiger partial charge in [-0.1, -0.05) is 48.5 Å². The molecule has 0 saturated carbocycles. The molecule has 0 atom stereocenters. The Hall–Kier alpha value is -8.24. The van der Waals surface area contributed by atoms with E-state index in [1.54, 1.807) is 84.9 Å². The summed E-state index contributed by atoms with van der Waals surface area (Å²) in [6.07, 6.45) is 0.463. The van der Waals surface area contributed by atoms with Crippen LogP contribution in [0, 0.1) is 11.6 Å². The molecular weight excluding hydrogens is 775 g/mol. The number of hydrogen-bond acceptors (Lipinski definition) is 6. The molecule has 10 heteroatoms. The number of carbonyl (C=O) groups is 6. The Morgan fingerprint density at radius 3 is 1.10 bits per heavy atom. The third-order valence-electron chi connectivity index (χ3n) is 11.3. The Balaban J connectivity index is 0.872. The summed E-state index contributed by atoms with van der Waals surface area (Å²) in [6.45, 7) is 0. The second-order valence-corrected chi connectivity index (χ2v) is 14.9. The summed E-state index contributed by atoms with van der Waals surface area (Å²) >= 11 is 0. The first-order valence-corrected chi connectivity index (χ1v) is 19.2. The highest BCUT2D eigenvalue weighted by molar-refractivity contribution is 6.38. The van der Waals surface area contributed by atoms with Gasteiger partial charge in [0.1, 0.15) is 11.6 Å². The van der Waals surface area contributed by atoms with Gasteiger partial charge in [-0.25, -0.2) is 18.6 Å². The van der Waals surface area contributed by atoms with Crippen LogP contribution in [0.2, 0.25) is 0 Å². The number of anilines is 2. The summed E-state index contributed by atoms with van der Waals surface area (Å²) in [4.78, 5) is 84.7. The van der Waals surface area contributed by atoms with Crippen molar-refractivity contribution >= 4 is 68.1 Å². The summed E-state index contributed by atoms with van der Waals surface area (Å²) in [5.74, 6) is -3.78. The van der Waals surface area contributed by atoms with Crippen molar-refractivity contribution in [1.82, 2.24) is 0 Å². The molecule has 10 rings (SSSR count). The van der Waals surface area contributed by atoms with E-state index in [1.807, 2.05) is 24.3 Å². The molecule has 0 unspecified atom stereocenters. The quantitative estimate of drug-likeness (QED) is 0.112. The number of benzene rings is 8. The summed E-state index contributed by atoms with van der Waals surface area (Å²) < 4.78 is 27.1. The van der Waals surface area contributed by atoms with E-state index in [0.29, 0.717) is 50.5 Å². The van der Waals surface area contributed by atoms with E-state index in [-0.39, 0.29) is 44.9 Å². The summed E-state index contributed by atoms with van der Waals surface area (Å²) in [5.41, 5.74) is 4.73. The Morgan fingerprint density at radius 2 is 0.738 bits per heavy atom. The van der Waals surface area contributed by atoms with Crippen LogP contribution in [-0.4, -0.2) is 35.2 Å². The van der Waals surface area contributed by atoms with Crippen molar-refractivity contribution in [2.24, 2.45) is 0 Å². The maximum Gasteiger partial charge on any atom is 0.265 e. The summed E-state index contributed by atoms with van der Waals surface area (Å²) in [7, 11) is 0. The van der Waals surface area contributed by atoms with E-state index in [2.05, 4.69) is 0 Å². The minimum absolute atomic E-state index is 0.276. The van der Waals surface area contributed by atoms with Crippen LogP contribution in [0.3, 0.4) is 0 Å². The molecule has 8 aromatic carbocycles. The lowest BCUT2D eigenvalue weighted by Crippen LogP contribution is -2.40. The van der Waals surface area contributed by atoms with Crippen LogP contribution in [-0.2, 0) is 6.42 Å². The Morgan fingerprint density at radius 1 is 0.393 bits per heavy atom. The third-order valence-corrected chi connectivity index (χ3v) is 11.3. The lowest BCUT2D eigenvalue weighted by atomic mass is 9.88. The van der Waals surface area contributed by atoms with E-state index in [9.17, 15) is 37.5 Å². The average molecular weight is 803 g/mol. The molecule has 8 nitrogen and oxygen atoms in total. The molecule has 0 spiro atoms. The smallest absolute Gasteiger partial charge is 0.265 e. The van der Waals surface area contributed by atoms with E-state index in [4.69, 9.17) is 0 Å². The van der Waals surface area contributed by atoms with Gasteiger partial charge in [-0.3, -0.25) is 28.8 Å². The zero-order chi connectivity index (χ0) is 42.1. The van der Waals surface area contributed by atoms with Crippen molar-refractivity contribution in [3.63, 3.8) is 0 Å². The lowest BCUT2D eigenvalue weighted by Gasteiger charge is -2.28. The summed E-state index contributed by atoms with van der Waals surface area (Å²) in [5, 5.41) is 1.68. The van der Waals surface area contributed by atoms with E-state index in [1.165, 1.54) is 48.5 Å². The van der Waals surface area contributed by atoms with Gasteiger partial charge in [-0.15, -0.1) is 0 Å². The number of imide groups is 2. The number of ketones is 2. The number of rotatable bonds is 8. The Kier molecular flexibility index (Phi) is 8.65. The van der Waals surface area contributed by atoms with E-state index < -0.39 is 35.3 Å². The number of nitrogens with zero attached hydrogens (tertiary/aromatic N) is 2. The molecule has 0 bridgehead atoms. The predicted octanol–water partition coefficient (Wildman–Crippen LogP) is 9.93. The van der Waals surface area contributed by atoms with Crippen molar-refractivity contribution in [3.05, 3.63) is 225 Å². The molecule has 0 saturated heterocycles. The third kappa shape index (κ3) is 6.03. The number of carbonyl (C=O) groups excluding carboxylic acids is 6. The second kappa shape index (κ2) is 14.2. The van der Waals surface area contributed by atoms with Crippen molar-refractivity contribution in [2.45, 2.75) is 6.42 Å². The van der Waals surface area contributed by atoms with E-state index in [0.717, 1.165) is 20.9 Å². The minimum atomic E-state index is -0.530. The minimum Gasteiger partial charge on any atom is -0.289 e. The van der Waals surface area contributed by atoms with Crippen LogP contribution in [0.1, 0.15) is 84.4 Å². The maximum absolute atomic E-state index is 13.9. The molecular formula is C51H28F2N2O6. The van der Waals surface area contributed by atoms with Gasteiger partial charge < -0.3 is 0 Å². The van der Waals surface area contributed by atoms with Crippen LogP contribution in [0.15, 0.2) is 158 Å². The molecule has 2 aliphatic rings. The standard InChI is InChI=1S/C51H28F2N2O6/c52-32-15-11-30(12-16-32)46(56)38-23-25-42-44-36(38)3-1-5-40(44)48(58)54(50(42)60)34-19-7-28(8-20-34)27-29-9-21-35(22-10-29)55-49(59)41-6-2-4-37-39(24-26-43(45(37)41)51(55)61)47(57)31-13-17-33(53)18-14-31/h1-26H,27H2. The lowest BCUT2D eigenvalue weighted by molar-refractivity contribution is 0.0877. The number of amides is 4. The molecule has 0 fully saturated rings. The molecule has 61 heavy (non-hydrogen) atoms.